The fourth-order valence-corrected chi connectivity index (χ4v) is 10.8. The fourth-order valence-electron chi connectivity index (χ4n) is 8.44. The summed E-state index contributed by atoms with van der Waals surface area (Å²) in [4.78, 5) is 57.5. The number of carbonyl (C=O) groups excluding carboxylic acids is 2. The van der Waals surface area contributed by atoms with Gasteiger partial charge in [0.25, 0.3) is 0 Å². The van der Waals surface area contributed by atoms with E-state index >= 15 is 0 Å². The van der Waals surface area contributed by atoms with E-state index in [9.17, 15) is 24.0 Å². The van der Waals surface area contributed by atoms with Crippen molar-refractivity contribution in [3.05, 3.63) is 48.0 Å². The van der Waals surface area contributed by atoms with E-state index in [1.807, 2.05) is 0 Å². The number of nitrogens with one attached hydrogen (secondary N) is 1. The van der Waals surface area contributed by atoms with Crippen LogP contribution in [0.4, 0.5) is 0 Å². The van der Waals surface area contributed by atoms with Gasteiger partial charge in [-0.15, -0.1) is 0 Å². The van der Waals surface area contributed by atoms with Crippen molar-refractivity contribution in [2.75, 3.05) is 6.54 Å². The summed E-state index contributed by atoms with van der Waals surface area (Å²) in [5.74, 6) is 2.41. The lowest BCUT2D eigenvalue weighted by molar-refractivity contribution is -0.121. The number of carbonyl (C=O) groups is 2. The standard InChI is InChI=1S/C44H80ClNO5Si3/c1-42(2,52(7,8)49)31-35(25-24-34-20-16-15-17-21-34)26-27-39-37(33-44(5,6)54(11,12)51)30-36(32-43(3,4)53(9,10)50)38(39)22-18-13-14-19-23-41(48)46-29-28-40(45)47/h13,15-18,20-21,35-39,49-51H,14,19,22-33H2,1-12H3,(H,46,48)/b18-13-/t35-,36-,37+,38+,39+/m1/s1. The van der Waals surface area contributed by atoms with Crippen molar-refractivity contribution in [1.29, 1.82) is 0 Å². The molecule has 1 saturated carbocycles. The van der Waals surface area contributed by atoms with E-state index in [4.69, 9.17) is 11.6 Å². The second-order valence-electron chi connectivity index (χ2n) is 20.5. The summed E-state index contributed by atoms with van der Waals surface area (Å²) in [6.45, 7) is 26.5. The van der Waals surface area contributed by atoms with Gasteiger partial charge >= 0.3 is 0 Å². The number of halogens is 1. The third kappa shape index (κ3) is 15.7. The van der Waals surface area contributed by atoms with Gasteiger partial charge in [0.1, 0.15) is 0 Å². The van der Waals surface area contributed by atoms with Gasteiger partial charge in [0.2, 0.25) is 11.1 Å². The molecule has 1 aliphatic rings. The van der Waals surface area contributed by atoms with E-state index in [0.29, 0.717) is 36.0 Å². The second kappa shape index (κ2) is 20.6. The maximum atomic E-state index is 12.2. The zero-order valence-electron chi connectivity index (χ0n) is 36.4. The molecule has 10 heteroatoms. The maximum absolute atomic E-state index is 12.2. The van der Waals surface area contributed by atoms with Crippen molar-refractivity contribution in [3.8, 4) is 0 Å². The molecule has 0 saturated heterocycles. The third-order valence-electron chi connectivity index (χ3n) is 14.3. The summed E-state index contributed by atoms with van der Waals surface area (Å²) < 4.78 is 0. The average molecular weight is 823 g/mol. The van der Waals surface area contributed by atoms with Crippen molar-refractivity contribution >= 4 is 47.7 Å². The smallest absolute Gasteiger partial charge is 0.223 e. The molecule has 0 radical (unpaired) electrons. The topological polar surface area (TPSA) is 107 Å². The Labute approximate surface area is 339 Å². The Balaban J connectivity index is 2.42. The molecule has 1 aliphatic carbocycles. The van der Waals surface area contributed by atoms with Crippen molar-refractivity contribution in [2.24, 2.45) is 29.6 Å². The Kier molecular flexibility index (Phi) is 18.7. The van der Waals surface area contributed by atoms with E-state index in [1.165, 1.54) is 5.56 Å². The van der Waals surface area contributed by atoms with Gasteiger partial charge in [0.15, 0.2) is 25.0 Å². The molecule has 6 nitrogen and oxygen atoms in total. The molecule has 0 bridgehead atoms. The van der Waals surface area contributed by atoms with Crippen LogP contribution in [0.5, 0.6) is 0 Å². The molecule has 54 heavy (non-hydrogen) atoms. The molecule has 0 spiro atoms. The minimum absolute atomic E-state index is 0.0479. The molecular formula is C44H80ClNO5Si3. The van der Waals surface area contributed by atoms with Crippen LogP contribution in [0.25, 0.3) is 0 Å². The predicted octanol–water partition coefficient (Wildman–Crippen LogP) is 11.4. The Bertz CT molecular complexity index is 1330. The lowest BCUT2D eigenvalue weighted by Crippen LogP contribution is -2.41. The molecular weight excluding hydrogens is 742 g/mol. The molecule has 310 valence electrons. The first-order chi connectivity index (χ1) is 24.7. The SMILES string of the molecule is CC(C)(C[C@H](CCc1ccccc1)CC[C@H]1[C@H](CC(C)(C)[Si](C)(C)O)C[C@H](CC(C)(C)[Si](C)(C)O)[C@@H]1C/C=C\CCCC(=O)NCCC(=O)Cl)[Si](C)(C)O. The quantitative estimate of drug-likeness (QED) is 0.0360. The van der Waals surface area contributed by atoms with Crippen molar-refractivity contribution in [1.82, 2.24) is 5.32 Å². The highest BCUT2D eigenvalue weighted by Crippen LogP contribution is 2.58. The molecule has 0 aliphatic heterocycles. The van der Waals surface area contributed by atoms with Gasteiger partial charge in [-0.3, -0.25) is 9.59 Å². The minimum Gasteiger partial charge on any atom is -0.432 e. The highest BCUT2D eigenvalue weighted by atomic mass is 35.5. The van der Waals surface area contributed by atoms with Crippen LogP contribution in [0, 0.1) is 29.6 Å². The van der Waals surface area contributed by atoms with Gasteiger partial charge in [-0.2, -0.15) is 0 Å². The molecule has 4 N–H and O–H groups in total. The van der Waals surface area contributed by atoms with Gasteiger partial charge in [0, 0.05) is 19.4 Å². The molecule has 0 aromatic heterocycles. The van der Waals surface area contributed by atoms with Crippen molar-refractivity contribution < 1.29 is 24.0 Å². The highest BCUT2D eigenvalue weighted by molar-refractivity contribution is 6.73. The number of unbranched alkanes of at least 4 members (excludes halogenated alkanes) is 1. The van der Waals surface area contributed by atoms with Crippen molar-refractivity contribution in [3.63, 3.8) is 0 Å². The summed E-state index contributed by atoms with van der Waals surface area (Å²) in [5.41, 5.74) is 1.38. The molecule has 1 aromatic rings. The number of hydrogen-bond acceptors (Lipinski definition) is 5. The Morgan fingerprint density at radius 3 is 1.85 bits per heavy atom. The molecule has 1 aromatic carbocycles. The number of rotatable bonds is 24. The van der Waals surface area contributed by atoms with Crippen LogP contribution in [0.3, 0.4) is 0 Å². The van der Waals surface area contributed by atoms with Crippen molar-refractivity contribution in [2.45, 2.75) is 179 Å². The predicted molar refractivity (Wildman–Crippen MR) is 237 cm³/mol. The van der Waals surface area contributed by atoms with E-state index in [-0.39, 0.29) is 34.0 Å². The maximum Gasteiger partial charge on any atom is 0.223 e. The van der Waals surface area contributed by atoms with Crippen LogP contribution < -0.4 is 5.32 Å². The molecule has 1 fully saturated rings. The first kappa shape index (κ1) is 49.1. The number of allylic oxidation sites excluding steroid dienone is 2. The summed E-state index contributed by atoms with van der Waals surface area (Å²) >= 11 is 5.40. The monoisotopic (exact) mass is 822 g/mol. The van der Waals surface area contributed by atoms with Crippen LogP contribution >= 0.6 is 11.6 Å². The summed E-state index contributed by atoms with van der Waals surface area (Å²) in [6, 6.07) is 10.8. The Morgan fingerprint density at radius 1 is 0.796 bits per heavy atom. The van der Waals surface area contributed by atoms with Gasteiger partial charge < -0.3 is 19.7 Å². The third-order valence-corrected chi connectivity index (χ3v) is 25.0. The zero-order valence-corrected chi connectivity index (χ0v) is 40.1. The molecule has 1 amide bonds. The average Bonchev–Trinajstić information content (AvgIpc) is 3.32. The number of amides is 1. The van der Waals surface area contributed by atoms with Crippen LogP contribution in [0.15, 0.2) is 42.5 Å². The lowest BCUT2D eigenvalue weighted by atomic mass is 9.75. The Morgan fingerprint density at radius 2 is 1.33 bits per heavy atom. The zero-order chi connectivity index (χ0) is 41.2. The van der Waals surface area contributed by atoms with Gasteiger partial charge in [-0.1, -0.05) is 90.4 Å². The van der Waals surface area contributed by atoms with Gasteiger partial charge in [0.05, 0.1) is 0 Å². The first-order valence-corrected chi connectivity index (χ1v) is 30.2. The normalized spacial score (nSPS) is 21.1. The van der Waals surface area contributed by atoms with E-state index < -0.39 is 30.2 Å². The van der Waals surface area contributed by atoms with Crippen LogP contribution in [0.1, 0.15) is 124 Å². The molecule has 0 heterocycles. The van der Waals surface area contributed by atoms with Gasteiger partial charge in [-0.05, 0) is 165 Å². The molecule has 5 atom stereocenters. The summed E-state index contributed by atoms with van der Waals surface area (Å²) in [7, 11) is -7.27. The Hall–Kier alpha value is -1.08. The number of hydrogen-bond donors (Lipinski definition) is 4. The van der Waals surface area contributed by atoms with Gasteiger partial charge in [-0.25, -0.2) is 0 Å². The second-order valence-corrected chi connectivity index (χ2v) is 34.4. The van der Waals surface area contributed by atoms with E-state index in [0.717, 1.165) is 70.6 Å². The van der Waals surface area contributed by atoms with E-state index in [2.05, 4.69) is 129 Å². The van der Waals surface area contributed by atoms with E-state index in [1.54, 1.807) is 0 Å². The first-order valence-electron chi connectivity index (χ1n) is 21.0. The van der Waals surface area contributed by atoms with Crippen LogP contribution in [0.2, 0.25) is 54.4 Å². The molecule has 2 rings (SSSR count). The summed E-state index contributed by atoms with van der Waals surface area (Å²) in [5, 5.41) is 2.00. The van der Waals surface area contributed by atoms with Crippen LogP contribution in [-0.4, -0.2) is 57.0 Å². The number of aryl methyl sites for hydroxylation is 1. The summed E-state index contributed by atoms with van der Waals surface area (Å²) in [6.07, 6.45) is 16.3. The fraction of sp³-hybridized carbons (Fsp3) is 0.773. The minimum atomic E-state index is -2.44. The highest BCUT2D eigenvalue weighted by Gasteiger charge is 2.50. The van der Waals surface area contributed by atoms with Crippen LogP contribution in [-0.2, 0) is 16.0 Å². The largest absolute Gasteiger partial charge is 0.432 e. The lowest BCUT2D eigenvalue weighted by Gasteiger charge is -2.40. The molecule has 0 unspecified atom stereocenters. The number of benzene rings is 1.